The van der Waals surface area contributed by atoms with Gasteiger partial charge in [-0.3, -0.25) is 24.5 Å². The minimum atomic E-state index is -0.600. The predicted molar refractivity (Wildman–Crippen MR) is 161 cm³/mol. The van der Waals surface area contributed by atoms with Gasteiger partial charge in [0.25, 0.3) is 11.8 Å². The molecule has 0 spiro atoms. The monoisotopic (exact) mass is 599 g/mol. The van der Waals surface area contributed by atoms with Crippen LogP contribution in [0.4, 0.5) is 0 Å². The molecule has 3 fully saturated rings. The molecule has 2 saturated heterocycles. The van der Waals surface area contributed by atoms with Crippen LogP contribution in [0.5, 0.6) is 0 Å². The number of hydrogen-bond donors (Lipinski definition) is 1. The molecular weight excluding hydrogens is 570 g/mol. The Morgan fingerprint density at radius 3 is 2.38 bits per heavy atom. The maximum Gasteiger partial charge on any atom is 0.255 e. The Bertz CT molecular complexity index is 1600. The molecule has 1 N–H and O–H groups in total. The van der Waals surface area contributed by atoms with Crippen molar-refractivity contribution < 1.29 is 19.2 Å². The molecule has 3 atom stereocenters. The molecule has 4 amide bonds. The number of piperidine rings is 1. The number of nitrogens with zero attached hydrogens (tertiary/aromatic N) is 2. The molecule has 7 rings (SSSR count). The minimum Gasteiger partial charge on any atom is -0.338 e. The molecule has 0 aromatic heterocycles. The average molecular weight is 600 g/mol. The van der Waals surface area contributed by atoms with Crippen LogP contribution in [-0.2, 0) is 16.1 Å². The molecule has 1 aliphatic carbocycles. The molecule has 4 aliphatic rings. The minimum absolute atomic E-state index is 0.0861. The Morgan fingerprint density at radius 2 is 1.64 bits per heavy atom. The van der Waals surface area contributed by atoms with Gasteiger partial charge in [-0.1, -0.05) is 41.9 Å². The smallest absolute Gasteiger partial charge is 0.255 e. The number of amides is 4. The predicted octanol–water partition coefficient (Wildman–Crippen LogP) is 5.41. The fourth-order valence-electron chi connectivity index (χ4n) is 7.04. The summed E-state index contributed by atoms with van der Waals surface area (Å²) < 4.78 is 0. The number of carbonyl (C=O) groups excluding carboxylic acids is 4. The molecule has 1 unspecified atom stereocenters. The van der Waals surface area contributed by atoms with E-state index in [0.717, 1.165) is 53.1 Å². The van der Waals surface area contributed by atoms with Crippen LogP contribution in [0.25, 0.3) is 11.1 Å². The topological polar surface area (TPSA) is 86.8 Å². The van der Waals surface area contributed by atoms with Crippen molar-refractivity contribution >= 4 is 47.0 Å². The third-order valence-electron chi connectivity index (χ3n) is 9.11. The summed E-state index contributed by atoms with van der Waals surface area (Å²) in [4.78, 5) is 55.3. The number of carbonyl (C=O) groups is 4. The van der Waals surface area contributed by atoms with E-state index in [0.29, 0.717) is 40.6 Å². The number of rotatable bonds is 5. The summed E-state index contributed by atoms with van der Waals surface area (Å²) in [6.45, 7) is 1.93. The molecule has 1 saturated carbocycles. The molecule has 3 heterocycles. The highest BCUT2D eigenvalue weighted by Gasteiger charge is 2.43. The standard InChI is InChI=1S/C33H30ClN3O4S/c34-23-7-5-19(6-8-23)26-3-1-2-4-28(26)32(40)36-16-20-13-25(14-21(20)17-36)42-24-9-10-27-22(15-24)18-37(33(27)41)29-11-12-30(38)35-31(29)39/h1-10,15,20-21,25,29H,11-14,16-18H2,(H,35,38,39)/t20-,21-,29?/m1/s1. The molecule has 3 aromatic rings. The molecule has 0 radical (unpaired) electrons. The molecule has 0 bridgehead atoms. The zero-order valence-electron chi connectivity index (χ0n) is 22.9. The van der Waals surface area contributed by atoms with Gasteiger partial charge >= 0.3 is 0 Å². The lowest BCUT2D eigenvalue weighted by atomic mass is 9.99. The number of fused-ring (bicyclic) bond motifs is 2. The Kier molecular flexibility index (Phi) is 7.06. The second-order valence-corrected chi connectivity index (χ2v) is 13.5. The highest BCUT2D eigenvalue weighted by Crippen LogP contribution is 2.46. The summed E-state index contributed by atoms with van der Waals surface area (Å²) in [6.07, 6.45) is 2.72. The zero-order valence-corrected chi connectivity index (χ0v) is 24.5. The number of halogens is 1. The molecule has 3 aliphatic heterocycles. The van der Waals surface area contributed by atoms with E-state index < -0.39 is 6.04 Å². The van der Waals surface area contributed by atoms with Crippen LogP contribution in [0.3, 0.4) is 0 Å². The number of benzene rings is 3. The third kappa shape index (κ3) is 5.01. The van der Waals surface area contributed by atoms with Gasteiger partial charge in [0.05, 0.1) is 0 Å². The first kappa shape index (κ1) is 27.2. The number of nitrogens with one attached hydrogen (secondary N) is 1. The second kappa shape index (κ2) is 10.9. The van der Waals surface area contributed by atoms with E-state index in [4.69, 9.17) is 11.6 Å². The summed E-state index contributed by atoms with van der Waals surface area (Å²) in [5.74, 6) is 0.231. The molecule has 3 aromatic carbocycles. The fourth-order valence-corrected chi connectivity index (χ4v) is 8.60. The molecule has 9 heteroatoms. The van der Waals surface area contributed by atoms with Crippen LogP contribution in [0.1, 0.15) is 52.0 Å². The van der Waals surface area contributed by atoms with Crippen molar-refractivity contribution in [2.75, 3.05) is 13.1 Å². The lowest BCUT2D eigenvalue weighted by Gasteiger charge is -2.29. The zero-order chi connectivity index (χ0) is 29.0. The quantitative estimate of drug-likeness (QED) is 0.396. The van der Waals surface area contributed by atoms with E-state index >= 15 is 0 Å². The van der Waals surface area contributed by atoms with E-state index in [2.05, 4.69) is 11.4 Å². The number of imide groups is 1. The van der Waals surface area contributed by atoms with Gasteiger partial charge in [0.1, 0.15) is 6.04 Å². The van der Waals surface area contributed by atoms with Crippen LogP contribution in [-0.4, -0.2) is 57.8 Å². The Balaban J connectivity index is 0.982. The van der Waals surface area contributed by atoms with E-state index in [9.17, 15) is 19.2 Å². The molecular formula is C33H30ClN3O4S. The summed E-state index contributed by atoms with van der Waals surface area (Å²) in [7, 11) is 0. The van der Waals surface area contributed by atoms with E-state index in [1.807, 2.05) is 77.3 Å². The lowest BCUT2D eigenvalue weighted by Crippen LogP contribution is -2.52. The lowest BCUT2D eigenvalue weighted by molar-refractivity contribution is -0.136. The van der Waals surface area contributed by atoms with Crippen LogP contribution < -0.4 is 5.32 Å². The van der Waals surface area contributed by atoms with Crippen LogP contribution in [0.2, 0.25) is 5.02 Å². The SMILES string of the molecule is O=C1CCC(N2Cc3cc(SC4C[C@@H]5CN(C(=O)c6ccccc6-c6ccc(Cl)cc6)C[C@H]5C4)ccc3C2=O)C(=O)N1. The van der Waals surface area contributed by atoms with Crippen molar-refractivity contribution in [2.24, 2.45) is 11.8 Å². The summed E-state index contributed by atoms with van der Waals surface area (Å²) in [5, 5.41) is 3.49. The largest absolute Gasteiger partial charge is 0.338 e. The summed E-state index contributed by atoms with van der Waals surface area (Å²) in [5.41, 5.74) is 4.21. The first-order valence-electron chi connectivity index (χ1n) is 14.4. The first-order valence-corrected chi connectivity index (χ1v) is 15.7. The first-order chi connectivity index (χ1) is 20.3. The van der Waals surface area contributed by atoms with Crippen molar-refractivity contribution in [2.45, 2.75) is 48.4 Å². The second-order valence-electron chi connectivity index (χ2n) is 11.7. The van der Waals surface area contributed by atoms with Crippen molar-refractivity contribution in [1.82, 2.24) is 15.1 Å². The van der Waals surface area contributed by atoms with E-state index in [-0.39, 0.29) is 30.0 Å². The average Bonchev–Trinajstić information content (AvgIpc) is 3.65. The Morgan fingerprint density at radius 1 is 0.905 bits per heavy atom. The fraction of sp³-hybridized carbons (Fsp3) is 0.333. The molecule has 7 nitrogen and oxygen atoms in total. The molecule has 42 heavy (non-hydrogen) atoms. The molecule has 214 valence electrons. The van der Waals surface area contributed by atoms with Gasteiger partial charge in [-0.25, -0.2) is 0 Å². The van der Waals surface area contributed by atoms with Crippen molar-refractivity contribution in [1.29, 1.82) is 0 Å². The highest BCUT2D eigenvalue weighted by atomic mass is 35.5. The Hall–Kier alpha value is -3.62. The van der Waals surface area contributed by atoms with Crippen molar-refractivity contribution in [3.8, 4) is 11.1 Å². The van der Waals surface area contributed by atoms with Gasteiger partial charge < -0.3 is 9.80 Å². The maximum atomic E-state index is 13.6. The highest BCUT2D eigenvalue weighted by molar-refractivity contribution is 8.00. The number of likely N-dealkylation sites (tertiary alicyclic amines) is 1. The van der Waals surface area contributed by atoms with E-state index in [1.165, 1.54) is 0 Å². The normalized spacial score (nSPS) is 23.7. The summed E-state index contributed by atoms with van der Waals surface area (Å²) >= 11 is 7.93. The van der Waals surface area contributed by atoms with Gasteiger partial charge in [-0.2, -0.15) is 0 Å². The van der Waals surface area contributed by atoms with Crippen molar-refractivity contribution in [3.05, 3.63) is 88.4 Å². The van der Waals surface area contributed by atoms with Crippen LogP contribution in [0.15, 0.2) is 71.6 Å². The van der Waals surface area contributed by atoms with Crippen LogP contribution >= 0.6 is 23.4 Å². The maximum absolute atomic E-state index is 13.6. The van der Waals surface area contributed by atoms with Crippen LogP contribution in [0, 0.1) is 11.8 Å². The van der Waals surface area contributed by atoms with Gasteiger partial charge in [0.2, 0.25) is 11.8 Å². The van der Waals surface area contributed by atoms with Gasteiger partial charge in [0, 0.05) is 52.4 Å². The Labute approximate surface area is 253 Å². The third-order valence-corrected chi connectivity index (χ3v) is 10.6. The van der Waals surface area contributed by atoms with Gasteiger partial charge in [-0.15, -0.1) is 11.8 Å². The van der Waals surface area contributed by atoms with E-state index in [1.54, 1.807) is 4.90 Å². The number of hydrogen-bond acceptors (Lipinski definition) is 5. The van der Waals surface area contributed by atoms with Gasteiger partial charge in [0.15, 0.2) is 0 Å². The summed E-state index contributed by atoms with van der Waals surface area (Å²) in [6, 6.07) is 20.8. The number of thioether (sulfide) groups is 1. The van der Waals surface area contributed by atoms with Gasteiger partial charge in [-0.05, 0) is 84.2 Å². The van der Waals surface area contributed by atoms with Crippen molar-refractivity contribution in [3.63, 3.8) is 0 Å².